The molecular weight excluding hydrogens is 325 g/mol. The van der Waals surface area contributed by atoms with Crippen molar-refractivity contribution >= 4 is 35.6 Å². The highest BCUT2D eigenvalue weighted by molar-refractivity contribution is 6.42. The molecule has 1 fully saturated rings. The summed E-state index contributed by atoms with van der Waals surface area (Å²) in [5, 5.41) is 23.3. The second kappa shape index (κ2) is 8.39. The molecule has 114 valence electrons. The molecular formula is C13H18Cl3NO3. The molecule has 1 saturated heterocycles. The first-order chi connectivity index (χ1) is 9.13. The first-order valence-electron chi connectivity index (χ1n) is 6.19. The number of aliphatic hydroxyl groups is 2. The quantitative estimate of drug-likeness (QED) is 0.784. The second-order valence-electron chi connectivity index (χ2n) is 4.57. The van der Waals surface area contributed by atoms with Crippen LogP contribution in [0.1, 0.15) is 11.5 Å². The zero-order valence-electron chi connectivity index (χ0n) is 10.8. The molecule has 3 atom stereocenters. The molecule has 1 aromatic rings. The molecule has 0 amide bonds. The Kier molecular flexibility index (Phi) is 7.54. The van der Waals surface area contributed by atoms with Crippen LogP contribution in [-0.2, 0) is 4.74 Å². The highest BCUT2D eigenvalue weighted by Crippen LogP contribution is 2.30. The third-order valence-corrected chi connectivity index (χ3v) is 4.03. The van der Waals surface area contributed by atoms with Crippen molar-refractivity contribution in [2.45, 2.75) is 18.1 Å². The number of ether oxygens (including phenoxy) is 1. The first kappa shape index (κ1) is 18.0. The summed E-state index contributed by atoms with van der Waals surface area (Å²) in [6.45, 7) is 1.54. The number of rotatable bonds is 3. The van der Waals surface area contributed by atoms with Gasteiger partial charge in [0.2, 0.25) is 0 Å². The lowest BCUT2D eigenvalue weighted by Crippen LogP contribution is -2.38. The van der Waals surface area contributed by atoms with E-state index in [9.17, 15) is 5.11 Å². The van der Waals surface area contributed by atoms with Crippen molar-refractivity contribution in [1.29, 1.82) is 0 Å². The van der Waals surface area contributed by atoms with Gasteiger partial charge in [0.25, 0.3) is 0 Å². The van der Waals surface area contributed by atoms with E-state index in [-0.39, 0.29) is 24.9 Å². The smallest absolute Gasteiger partial charge is 0.104 e. The number of benzene rings is 1. The average Bonchev–Trinajstić information content (AvgIpc) is 2.66. The summed E-state index contributed by atoms with van der Waals surface area (Å²) < 4.78 is 5.64. The molecule has 0 spiro atoms. The van der Waals surface area contributed by atoms with Crippen molar-refractivity contribution in [2.24, 2.45) is 0 Å². The van der Waals surface area contributed by atoms with Gasteiger partial charge in [-0.1, -0.05) is 29.3 Å². The number of hydrogen-bond donors (Lipinski definition) is 3. The molecule has 0 unspecified atom stereocenters. The predicted octanol–water partition coefficient (Wildman–Crippen LogP) is 1.84. The summed E-state index contributed by atoms with van der Waals surface area (Å²) in [4.78, 5) is 0. The van der Waals surface area contributed by atoms with Crippen LogP contribution in [0, 0.1) is 0 Å². The van der Waals surface area contributed by atoms with Crippen molar-refractivity contribution in [1.82, 2.24) is 5.32 Å². The van der Waals surface area contributed by atoms with Crippen LogP contribution in [0.5, 0.6) is 0 Å². The first-order valence-corrected chi connectivity index (χ1v) is 6.95. The summed E-state index contributed by atoms with van der Waals surface area (Å²) >= 11 is 11.9. The molecule has 0 radical (unpaired) electrons. The largest absolute Gasteiger partial charge is 0.394 e. The number of halogens is 3. The molecule has 1 aliphatic rings. The van der Waals surface area contributed by atoms with Gasteiger partial charge in [0.15, 0.2) is 0 Å². The van der Waals surface area contributed by atoms with E-state index in [0.717, 1.165) is 5.56 Å². The van der Waals surface area contributed by atoms with Crippen molar-refractivity contribution in [3.63, 3.8) is 0 Å². The molecule has 0 aromatic heterocycles. The lowest BCUT2D eigenvalue weighted by molar-refractivity contribution is -0.0609. The molecule has 1 aliphatic heterocycles. The van der Waals surface area contributed by atoms with Crippen LogP contribution in [0.4, 0.5) is 0 Å². The third kappa shape index (κ3) is 4.21. The zero-order valence-corrected chi connectivity index (χ0v) is 13.1. The Hall–Kier alpha value is -0.0700. The summed E-state index contributed by atoms with van der Waals surface area (Å²) in [6.07, 6.45) is -1.38. The second-order valence-corrected chi connectivity index (χ2v) is 5.38. The lowest BCUT2D eigenvalue weighted by atomic mass is 9.90. The molecule has 2 rings (SSSR count). The van der Waals surface area contributed by atoms with Gasteiger partial charge in [-0.2, -0.15) is 0 Å². The topological polar surface area (TPSA) is 61.7 Å². The lowest BCUT2D eigenvalue weighted by Gasteiger charge is -2.28. The van der Waals surface area contributed by atoms with Crippen LogP contribution in [0.25, 0.3) is 0 Å². The Morgan fingerprint density at radius 1 is 1.35 bits per heavy atom. The van der Waals surface area contributed by atoms with Gasteiger partial charge in [0.05, 0.1) is 29.4 Å². The summed E-state index contributed by atoms with van der Waals surface area (Å²) in [5.41, 5.74) is 0.932. The van der Waals surface area contributed by atoms with Gasteiger partial charge in [-0.3, -0.25) is 0 Å². The SMILES string of the molecule is Cl.OC[C@H](O)[C@H]1OCCNC[C@@H]1c1ccc(Cl)c(Cl)c1. The van der Waals surface area contributed by atoms with E-state index in [4.69, 9.17) is 33.0 Å². The van der Waals surface area contributed by atoms with Crippen molar-refractivity contribution in [3.8, 4) is 0 Å². The Bertz CT molecular complexity index is 433. The minimum atomic E-state index is -0.917. The van der Waals surface area contributed by atoms with E-state index in [1.165, 1.54) is 0 Å². The Morgan fingerprint density at radius 2 is 2.10 bits per heavy atom. The van der Waals surface area contributed by atoms with Crippen LogP contribution < -0.4 is 5.32 Å². The summed E-state index contributed by atoms with van der Waals surface area (Å²) in [7, 11) is 0. The maximum Gasteiger partial charge on any atom is 0.104 e. The Balaban J connectivity index is 0.00000200. The van der Waals surface area contributed by atoms with E-state index in [0.29, 0.717) is 29.7 Å². The van der Waals surface area contributed by atoms with Crippen LogP contribution in [0.2, 0.25) is 10.0 Å². The number of hydrogen-bond acceptors (Lipinski definition) is 4. The van der Waals surface area contributed by atoms with E-state index < -0.39 is 12.2 Å². The van der Waals surface area contributed by atoms with Crippen molar-refractivity contribution < 1.29 is 14.9 Å². The Labute approximate surface area is 134 Å². The fourth-order valence-corrected chi connectivity index (χ4v) is 2.60. The van der Waals surface area contributed by atoms with Crippen LogP contribution in [0.15, 0.2) is 18.2 Å². The summed E-state index contributed by atoms with van der Waals surface area (Å²) in [5.74, 6) is -0.0839. The normalized spacial score (nSPS) is 24.6. The average molecular weight is 343 g/mol. The standard InChI is InChI=1S/C13H17Cl2NO3.ClH/c14-10-2-1-8(5-11(10)15)9-6-16-3-4-19-13(9)12(18)7-17;/h1-2,5,9,12-13,16-18H,3-4,6-7H2;1H/t9-,12+,13+;/m1./s1. The zero-order chi connectivity index (χ0) is 13.8. The minimum Gasteiger partial charge on any atom is -0.394 e. The molecule has 1 heterocycles. The highest BCUT2D eigenvalue weighted by Gasteiger charge is 2.31. The molecule has 1 aromatic carbocycles. The molecule has 4 nitrogen and oxygen atoms in total. The number of nitrogens with one attached hydrogen (secondary N) is 1. The van der Waals surface area contributed by atoms with Gasteiger partial charge in [-0.05, 0) is 17.7 Å². The maximum absolute atomic E-state index is 9.90. The summed E-state index contributed by atoms with van der Waals surface area (Å²) in [6, 6.07) is 5.38. The van der Waals surface area contributed by atoms with E-state index >= 15 is 0 Å². The van der Waals surface area contributed by atoms with Crippen LogP contribution in [0.3, 0.4) is 0 Å². The molecule has 7 heteroatoms. The fraction of sp³-hybridized carbons (Fsp3) is 0.538. The molecule has 0 aliphatic carbocycles. The highest BCUT2D eigenvalue weighted by atomic mass is 35.5. The van der Waals surface area contributed by atoms with Gasteiger partial charge < -0.3 is 20.3 Å². The van der Waals surface area contributed by atoms with Crippen LogP contribution in [-0.4, -0.2) is 48.7 Å². The molecule has 20 heavy (non-hydrogen) atoms. The van der Waals surface area contributed by atoms with Gasteiger partial charge >= 0.3 is 0 Å². The maximum atomic E-state index is 9.90. The predicted molar refractivity (Wildman–Crippen MR) is 82.2 cm³/mol. The van der Waals surface area contributed by atoms with E-state index in [1.54, 1.807) is 12.1 Å². The van der Waals surface area contributed by atoms with Gasteiger partial charge in [-0.25, -0.2) is 0 Å². The van der Waals surface area contributed by atoms with Gasteiger partial charge in [0.1, 0.15) is 6.10 Å². The molecule has 3 N–H and O–H groups in total. The van der Waals surface area contributed by atoms with E-state index in [1.807, 2.05) is 6.07 Å². The Morgan fingerprint density at radius 3 is 2.75 bits per heavy atom. The van der Waals surface area contributed by atoms with Gasteiger partial charge in [0, 0.05) is 19.0 Å². The third-order valence-electron chi connectivity index (χ3n) is 3.29. The fourth-order valence-electron chi connectivity index (χ4n) is 2.29. The minimum absolute atomic E-state index is 0. The monoisotopic (exact) mass is 341 g/mol. The molecule has 0 saturated carbocycles. The van der Waals surface area contributed by atoms with Crippen molar-refractivity contribution in [2.75, 3.05) is 26.3 Å². The van der Waals surface area contributed by atoms with Crippen LogP contribution >= 0.6 is 35.6 Å². The molecule has 0 bridgehead atoms. The van der Waals surface area contributed by atoms with Crippen molar-refractivity contribution in [3.05, 3.63) is 33.8 Å². The van der Waals surface area contributed by atoms with E-state index in [2.05, 4.69) is 5.32 Å². The number of aliphatic hydroxyl groups excluding tert-OH is 2. The van der Waals surface area contributed by atoms with Gasteiger partial charge in [-0.15, -0.1) is 12.4 Å².